The van der Waals surface area contributed by atoms with Crippen LogP contribution in [0.25, 0.3) is 16.9 Å². The van der Waals surface area contributed by atoms with E-state index in [4.69, 9.17) is 39.9 Å². The second kappa shape index (κ2) is 13.5. The monoisotopic (exact) mass is 663 g/mol. The predicted molar refractivity (Wildman–Crippen MR) is 181 cm³/mol. The Kier molecular flexibility index (Phi) is 9.41. The minimum absolute atomic E-state index is 0.146. The van der Waals surface area contributed by atoms with Crippen molar-refractivity contribution in [3.05, 3.63) is 105 Å². The molecule has 234 valence electrons. The average Bonchev–Trinajstić information content (AvgIpc) is 3.38. The van der Waals surface area contributed by atoms with Crippen LogP contribution in [-0.2, 0) is 5.54 Å². The number of halogens is 3. The maximum atomic E-state index is 14.1. The molecule has 10 heteroatoms. The molecule has 1 aliphatic heterocycles. The number of urea groups is 1. The molecular formula is C35H36Cl3N5O2. The Bertz CT molecular complexity index is 1680. The van der Waals surface area contributed by atoms with E-state index in [0.29, 0.717) is 52.4 Å². The summed E-state index contributed by atoms with van der Waals surface area (Å²) in [5.74, 6) is -0.167. The smallest absolute Gasteiger partial charge is 0.315 e. The van der Waals surface area contributed by atoms with Crippen molar-refractivity contribution < 1.29 is 9.59 Å². The first-order chi connectivity index (χ1) is 21.7. The van der Waals surface area contributed by atoms with Gasteiger partial charge in [-0.1, -0.05) is 96.5 Å². The van der Waals surface area contributed by atoms with Gasteiger partial charge in [0.05, 0.1) is 21.9 Å². The summed E-state index contributed by atoms with van der Waals surface area (Å²) in [7, 11) is 0. The molecule has 1 saturated carbocycles. The van der Waals surface area contributed by atoms with E-state index >= 15 is 0 Å². The summed E-state index contributed by atoms with van der Waals surface area (Å²) >= 11 is 19.0. The van der Waals surface area contributed by atoms with Gasteiger partial charge in [-0.05, 0) is 68.5 Å². The van der Waals surface area contributed by atoms with Crippen LogP contribution in [0.3, 0.4) is 0 Å². The molecule has 0 radical (unpaired) electrons. The normalized spacial score (nSPS) is 16.8. The van der Waals surface area contributed by atoms with Crippen molar-refractivity contribution in [3.8, 4) is 16.9 Å². The van der Waals surface area contributed by atoms with E-state index in [9.17, 15) is 9.59 Å². The third-order valence-corrected chi connectivity index (χ3v) is 9.89. The fourth-order valence-electron chi connectivity index (χ4n) is 6.64. The van der Waals surface area contributed by atoms with Gasteiger partial charge in [-0.15, -0.1) is 0 Å². The van der Waals surface area contributed by atoms with Crippen molar-refractivity contribution in [2.45, 2.75) is 63.5 Å². The van der Waals surface area contributed by atoms with Crippen LogP contribution in [0.2, 0.25) is 15.1 Å². The molecule has 1 aromatic heterocycles. The number of benzene rings is 3. The number of nitrogens with zero attached hydrogens (tertiary/aromatic N) is 3. The zero-order chi connectivity index (χ0) is 31.6. The van der Waals surface area contributed by atoms with Gasteiger partial charge in [-0.3, -0.25) is 4.79 Å². The molecule has 45 heavy (non-hydrogen) atoms. The van der Waals surface area contributed by atoms with Gasteiger partial charge in [0.25, 0.3) is 5.91 Å². The highest BCUT2D eigenvalue weighted by atomic mass is 35.5. The number of hydrogen-bond acceptors (Lipinski definition) is 3. The Labute approximate surface area is 278 Å². The van der Waals surface area contributed by atoms with Crippen molar-refractivity contribution in [2.24, 2.45) is 0 Å². The summed E-state index contributed by atoms with van der Waals surface area (Å²) in [5.41, 5.74) is 3.75. The topological polar surface area (TPSA) is 79.3 Å². The van der Waals surface area contributed by atoms with Crippen LogP contribution in [0.15, 0.2) is 72.8 Å². The van der Waals surface area contributed by atoms with E-state index < -0.39 is 5.54 Å². The standard InChI is InChI=1S/C35H36Cl3N5O2/c1-23-31(41-43(30-17-16-27(37)22-29(30)38)32(23)24-12-14-26(36)15-13-24)33(44)42-20-18-35(19-21-42,25-8-4-2-5-9-25)40-34(45)39-28-10-6-3-7-11-28/h2,4-5,8-9,12-17,22,28H,3,6-7,10-11,18-21H2,1H3,(H2,39,40,45). The Morgan fingerprint density at radius 2 is 1.53 bits per heavy atom. The fraction of sp³-hybridized carbons (Fsp3) is 0.343. The van der Waals surface area contributed by atoms with E-state index in [1.807, 2.05) is 54.3 Å². The summed E-state index contributed by atoms with van der Waals surface area (Å²) in [6.45, 7) is 2.82. The molecule has 0 spiro atoms. The summed E-state index contributed by atoms with van der Waals surface area (Å²) in [6, 6.07) is 22.8. The van der Waals surface area contributed by atoms with Crippen LogP contribution < -0.4 is 10.6 Å². The van der Waals surface area contributed by atoms with Crippen LogP contribution >= 0.6 is 34.8 Å². The zero-order valence-corrected chi connectivity index (χ0v) is 27.4. The molecule has 1 aliphatic carbocycles. The first-order valence-electron chi connectivity index (χ1n) is 15.5. The first-order valence-corrected chi connectivity index (χ1v) is 16.6. The molecule has 4 aromatic rings. The van der Waals surface area contributed by atoms with Crippen molar-refractivity contribution in [3.63, 3.8) is 0 Å². The van der Waals surface area contributed by atoms with Crippen LogP contribution in [0.1, 0.15) is 66.6 Å². The number of nitrogens with one attached hydrogen (secondary N) is 2. The highest BCUT2D eigenvalue weighted by Crippen LogP contribution is 2.36. The van der Waals surface area contributed by atoms with Gasteiger partial charge in [-0.2, -0.15) is 5.10 Å². The van der Waals surface area contributed by atoms with Gasteiger partial charge >= 0.3 is 6.03 Å². The number of piperidine rings is 1. The second-order valence-electron chi connectivity index (χ2n) is 12.0. The van der Waals surface area contributed by atoms with Crippen molar-refractivity contribution in [1.29, 1.82) is 0 Å². The van der Waals surface area contributed by atoms with Crippen LogP contribution in [-0.4, -0.2) is 45.8 Å². The number of carbonyl (C=O) groups excluding carboxylic acids is 2. The molecular weight excluding hydrogens is 629 g/mol. The van der Waals surface area contributed by atoms with Crippen molar-refractivity contribution in [1.82, 2.24) is 25.3 Å². The summed E-state index contributed by atoms with van der Waals surface area (Å²) in [5, 5.41) is 12.9. The molecule has 0 atom stereocenters. The Balaban J connectivity index is 1.28. The molecule has 2 N–H and O–H groups in total. The SMILES string of the molecule is Cc1c(C(=O)N2CCC(NC(=O)NC3CCCCC3)(c3ccccc3)CC2)nn(-c2ccc(Cl)cc2Cl)c1-c1ccc(Cl)cc1. The van der Waals surface area contributed by atoms with Crippen molar-refractivity contribution in [2.75, 3.05) is 13.1 Å². The molecule has 2 heterocycles. The quantitative estimate of drug-likeness (QED) is 0.217. The number of amides is 3. The van der Waals surface area contributed by atoms with E-state index in [-0.39, 0.29) is 18.0 Å². The number of carbonyl (C=O) groups is 2. The first kappa shape index (κ1) is 31.5. The largest absolute Gasteiger partial charge is 0.337 e. The van der Waals surface area contributed by atoms with E-state index in [2.05, 4.69) is 22.8 Å². The minimum Gasteiger partial charge on any atom is -0.337 e. The number of rotatable bonds is 6. The summed E-state index contributed by atoms with van der Waals surface area (Å²) in [6.07, 6.45) is 6.69. The Morgan fingerprint density at radius 3 is 2.20 bits per heavy atom. The third-order valence-electron chi connectivity index (χ3n) is 9.10. The second-order valence-corrected chi connectivity index (χ2v) is 13.3. The summed E-state index contributed by atoms with van der Waals surface area (Å²) in [4.78, 5) is 29.3. The maximum Gasteiger partial charge on any atom is 0.315 e. The van der Waals surface area contributed by atoms with Gasteiger partial charge in [0.2, 0.25) is 0 Å². The van der Waals surface area contributed by atoms with Gasteiger partial charge in [0.1, 0.15) is 0 Å². The van der Waals surface area contributed by atoms with Crippen LogP contribution in [0.5, 0.6) is 0 Å². The van der Waals surface area contributed by atoms with Crippen LogP contribution in [0, 0.1) is 6.92 Å². The lowest BCUT2D eigenvalue weighted by Gasteiger charge is -2.43. The summed E-state index contributed by atoms with van der Waals surface area (Å²) < 4.78 is 1.71. The van der Waals surface area contributed by atoms with Gasteiger partial charge in [0, 0.05) is 40.3 Å². The van der Waals surface area contributed by atoms with E-state index in [1.165, 1.54) is 6.42 Å². The average molecular weight is 665 g/mol. The molecule has 2 aliphatic rings. The lowest BCUT2D eigenvalue weighted by Crippen LogP contribution is -2.57. The fourth-order valence-corrected chi connectivity index (χ4v) is 7.26. The van der Waals surface area contributed by atoms with E-state index in [0.717, 1.165) is 48.1 Å². The van der Waals surface area contributed by atoms with E-state index in [1.54, 1.807) is 22.9 Å². The van der Waals surface area contributed by atoms with Gasteiger partial charge in [0.15, 0.2) is 5.69 Å². The number of hydrogen-bond donors (Lipinski definition) is 2. The lowest BCUT2D eigenvalue weighted by molar-refractivity contribution is 0.0639. The molecule has 2 fully saturated rings. The minimum atomic E-state index is -0.587. The molecule has 0 bridgehead atoms. The van der Waals surface area contributed by atoms with Crippen molar-refractivity contribution >= 4 is 46.7 Å². The highest BCUT2D eigenvalue weighted by Gasteiger charge is 2.40. The Morgan fingerprint density at radius 1 is 0.867 bits per heavy atom. The molecule has 1 saturated heterocycles. The maximum absolute atomic E-state index is 14.1. The predicted octanol–water partition coefficient (Wildman–Crippen LogP) is 8.57. The molecule has 3 amide bonds. The van der Waals surface area contributed by atoms with Gasteiger partial charge in [-0.25, -0.2) is 9.48 Å². The molecule has 3 aromatic carbocycles. The zero-order valence-electron chi connectivity index (χ0n) is 25.2. The number of likely N-dealkylation sites (tertiary alicyclic amines) is 1. The molecule has 6 rings (SSSR count). The van der Waals surface area contributed by atoms with Crippen LogP contribution in [0.4, 0.5) is 4.79 Å². The molecule has 7 nitrogen and oxygen atoms in total. The lowest BCUT2D eigenvalue weighted by atomic mass is 9.80. The Hall–Kier alpha value is -3.52. The number of aromatic nitrogens is 2. The third kappa shape index (κ3) is 6.71. The molecule has 0 unspecified atom stereocenters. The van der Waals surface area contributed by atoms with Gasteiger partial charge < -0.3 is 15.5 Å². The highest BCUT2D eigenvalue weighted by molar-refractivity contribution is 6.35.